The summed E-state index contributed by atoms with van der Waals surface area (Å²) in [6.45, 7) is -0.495. The molecule has 1 atom stereocenters. The van der Waals surface area contributed by atoms with Crippen molar-refractivity contribution in [2.75, 3.05) is 20.3 Å². The Morgan fingerprint density at radius 3 is 2.85 bits per heavy atom. The van der Waals surface area contributed by atoms with Gasteiger partial charge in [0.2, 0.25) is 10.0 Å². The van der Waals surface area contributed by atoms with Gasteiger partial charge in [-0.3, -0.25) is 9.48 Å². The summed E-state index contributed by atoms with van der Waals surface area (Å²) in [6.07, 6.45) is 2.39. The predicted molar refractivity (Wildman–Crippen MR) is 67.6 cm³/mol. The molecule has 1 unspecified atom stereocenters. The molecule has 1 heterocycles. The molecule has 9 nitrogen and oxygen atoms in total. The number of nitrogens with zero attached hydrogens (tertiary/aromatic N) is 2. The van der Waals surface area contributed by atoms with Gasteiger partial charge in [-0.1, -0.05) is 0 Å². The first-order valence-corrected chi connectivity index (χ1v) is 7.23. The molecular weight excluding hydrogens is 290 g/mol. The van der Waals surface area contributed by atoms with Crippen molar-refractivity contribution in [3.8, 4) is 0 Å². The van der Waals surface area contributed by atoms with Crippen molar-refractivity contribution in [1.82, 2.24) is 14.5 Å². The van der Waals surface area contributed by atoms with Crippen molar-refractivity contribution < 1.29 is 28.2 Å². The standard InChI is InChI=1S/C10H17N3O6S/c1-19-7-8(2-3-14)12-20(17,18)9-4-11-13(5-9)6-10(15)16/h4-5,8,12,14H,2-3,6-7H2,1H3,(H,15,16). The molecule has 0 radical (unpaired) electrons. The molecule has 0 bridgehead atoms. The highest BCUT2D eigenvalue weighted by molar-refractivity contribution is 7.89. The van der Waals surface area contributed by atoms with Gasteiger partial charge >= 0.3 is 5.97 Å². The Bertz CT molecular complexity index is 535. The van der Waals surface area contributed by atoms with E-state index in [0.29, 0.717) is 0 Å². The first kappa shape index (κ1) is 16.6. The molecule has 1 aromatic rings. The summed E-state index contributed by atoms with van der Waals surface area (Å²) < 4.78 is 32.3. The number of nitrogens with one attached hydrogen (secondary N) is 1. The van der Waals surface area contributed by atoms with E-state index in [1.807, 2.05) is 0 Å². The number of aromatic nitrogens is 2. The summed E-state index contributed by atoms with van der Waals surface area (Å²) in [5.74, 6) is -1.12. The van der Waals surface area contributed by atoms with Crippen molar-refractivity contribution in [3.05, 3.63) is 12.4 Å². The Morgan fingerprint density at radius 1 is 1.60 bits per heavy atom. The Hall–Kier alpha value is -1.49. The summed E-state index contributed by atoms with van der Waals surface area (Å²) in [4.78, 5) is 10.4. The van der Waals surface area contributed by atoms with Gasteiger partial charge in [0, 0.05) is 26.0 Å². The molecule has 10 heteroatoms. The van der Waals surface area contributed by atoms with Gasteiger partial charge in [0.1, 0.15) is 11.4 Å². The molecule has 0 aliphatic heterocycles. The monoisotopic (exact) mass is 307 g/mol. The Labute approximate surface area is 116 Å². The number of aliphatic hydroxyl groups is 1. The van der Waals surface area contributed by atoms with Gasteiger partial charge in [-0.15, -0.1) is 0 Å². The van der Waals surface area contributed by atoms with Crippen molar-refractivity contribution in [1.29, 1.82) is 0 Å². The van der Waals surface area contributed by atoms with Gasteiger partial charge in [-0.2, -0.15) is 5.10 Å². The van der Waals surface area contributed by atoms with Crippen LogP contribution in [0.5, 0.6) is 0 Å². The number of carboxylic acid groups (broad SMARTS) is 1. The van der Waals surface area contributed by atoms with Crippen LogP contribution in [0.25, 0.3) is 0 Å². The lowest BCUT2D eigenvalue weighted by Crippen LogP contribution is -2.38. The van der Waals surface area contributed by atoms with E-state index in [9.17, 15) is 13.2 Å². The average Bonchev–Trinajstić information content (AvgIpc) is 2.77. The van der Waals surface area contributed by atoms with Crippen LogP contribution in [0, 0.1) is 0 Å². The van der Waals surface area contributed by atoms with Crippen LogP contribution in [0.1, 0.15) is 6.42 Å². The van der Waals surface area contributed by atoms with E-state index in [4.69, 9.17) is 14.9 Å². The first-order chi connectivity index (χ1) is 9.39. The molecule has 0 saturated carbocycles. The average molecular weight is 307 g/mol. The molecule has 0 aliphatic carbocycles. The lowest BCUT2D eigenvalue weighted by atomic mass is 10.2. The fraction of sp³-hybridized carbons (Fsp3) is 0.600. The molecule has 114 valence electrons. The number of sulfonamides is 1. The molecule has 0 amide bonds. The van der Waals surface area contributed by atoms with Crippen LogP contribution in [-0.2, 0) is 26.1 Å². The number of hydrogen-bond donors (Lipinski definition) is 3. The molecule has 0 aliphatic rings. The van der Waals surface area contributed by atoms with E-state index in [1.165, 1.54) is 7.11 Å². The van der Waals surface area contributed by atoms with Crippen molar-refractivity contribution in [2.45, 2.75) is 23.9 Å². The third-order valence-corrected chi connectivity index (χ3v) is 3.86. The highest BCUT2D eigenvalue weighted by atomic mass is 32.2. The SMILES string of the molecule is COCC(CCO)NS(=O)(=O)c1cnn(CC(=O)O)c1. The van der Waals surface area contributed by atoms with Gasteiger partial charge in [-0.05, 0) is 6.42 Å². The second kappa shape index (κ2) is 7.33. The fourth-order valence-corrected chi connectivity index (χ4v) is 2.74. The minimum Gasteiger partial charge on any atom is -0.480 e. The van der Waals surface area contributed by atoms with Gasteiger partial charge in [0.25, 0.3) is 0 Å². The van der Waals surface area contributed by atoms with Crippen LogP contribution >= 0.6 is 0 Å². The molecule has 20 heavy (non-hydrogen) atoms. The summed E-state index contributed by atoms with van der Waals surface area (Å²) in [6, 6.07) is -0.571. The molecule has 3 N–H and O–H groups in total. The maximum absolute atomic E-state index is 12.0. The van der Waals surface area contributed by atoms with Crippen LogP contribution in [-0.4, -0.2) is 60.7 Å². The summed E-state index contributed by atoms with van der Waals surface area (Å²) in [5.41, 5.74) is 0. The fourth-order valence-electron chi connectivity index (χ4n) is 1.53. The summed E-state index contributed by atoms with van der Waals surface area (Å²) in [7, 11) is -2.42. The normalized spacial score (nSPS) is 13.3. The zero-order chi connectivity index (χ0) is 15.2. The summed E-state index contributed by atoms with van der Waals surface area (Å²) >= 11 is 0. The van der Waals surface area contributed by atoms with E-state index in [0.717, 1.165) is 17.1 Å². The van der Waals surface area contributed by atoms with Crippen molar-refractivity contribution >= 4 is 16.0 Å². The molecule has 0 saturated heterocycles. The highest BCUT2D eigenvalue weighted by Gasteiger charge is 2.21. The molecule has 0 spiro atoms. The number of methoxy groups -OCH3 is 1. The molecule has 1 rings (SSSR count). The maximum atomic E-state index is 12.0. The highest BCUT2D eigenvalue weighted by Crippen LogP contribution is 2.09. The number of rotatable bonds is 9. The van der Waals surface area contributed by atoms with Gasteiger partial charge in [0.15, 0.2) is 0 Å². The number of aliphatic hydroxyl groups excluding tert-OH is 1. The number of hydrogen-bond acceptors (Lipinski definition) is 6. The Balaban J connectivity index is 2.81. The number of ether oxygens (including phenoxy) is 1. The second-order valence-corrected chi connectivity index (χ2v) is 5.77. The van der Waals surface area contributed by atoms with Crippen molar-refractivity contribution in [2.24, 2.45) is 0 Å². The van der Waals surface area contributed by atoms with Gasteiger partial charge in [0.05, 0.1) is 12.8 Å². The van der Waals surface area contributed by atoms with Crippen LogP contribution in [0.4, 0.5) is 0 Å². The smallest absolute Gasteiger partial charge is 0.325 e. The largest absolute Gasteiger partial charge is 0.480 e. The van der Waals surface area contributed by atoms with Gasteiger partial charge in [-0.25, -0.2) is 13.1 Å². The van der Waals surface area contributed by atoms with E-state index in [-0.39, 0.29) is 24.5 Å². The van der Waals surface area contributed by atoms with Gasteiger partial charge < -0.3 is 14.9 Å². The lowest BCUT2D eigenvalue weighted by Gasteiger charge is -2.16. The topological polar surface area (TPSA) is 131 Å². The van der Waals surface area contributed by atoms with Crippen molar-refractivity contribution in [3.63, 3.8) is 0 Å². The van der Waals surface area contributed by atoms with E-state index >= 15 is 0 Å². The molecule has 1 aromatic heterocycles. The van der Waals surface area contributed by atoms with Crippen LogP contribution in [0.3, 0.4) is 0 Å². The minimum absolute atomic E-state index is 0.114. The minimum atomic E-state index is -3.84. The van der Waals surface area contributed by atoms with Crippen LogP contribution < -0.4 is 4.72 Å². The third-order valence-electron chi connectivity index (χ3n) is 2.38. The molecular formula is C10H17N3O6S. The zero-order valence-corrected chi connectivity index (χ0v) is 11.7. The van der Waals surface area contributed by atoms with Crippen LogP contribution in [0.2, 0.25) is 0 Å². The predicted octanol–water partition coefficient (Wildman–Crippen LogP) is -1.36. The van der Waals surface area contributed by atoms with Crippen LogP contribution in [0.15, 0.2) is 17.3 Å². The van der Waals surface area contributed by atoms with E-state index in [2.05, 4.69) is 9.82 Å². The van der Waals surface area contributed by atoms with E-state index in [1.54, 1.807) is 0 Å². The lowest BCUT2D eigenvalue weighted by molar-refractivity contribution is -0.137. The molecule has 0 fully saturated rings. The first-order valence-electron chi connectivity index (χ1n) is 5.75. The number of carboxylic acids is 1. The Kier molecular flexibility index (Phi) is 6.07. The number of aliphatic carboxylic acids is 1. The quantitative estimate of drug-likeness (QED) is 0.513. The maximum Gasteiger partial charge on any atom is 0.325 e. The number of carbonyl (C=O) groups is 1. The summed E-state index contributed by atoms with van der Waals surface area (Å²) in [5, 5.41) is 21.1. The molecule has 0 aromatic carbocycles. The third kappa shape index (κ3) is 4.89. The zero-order valence-electron chi connectivity index (χ0n) is 10.9. The van der Waals surface area contributed by atoms with E-state index < -0.39 is 28.6 Å². The Morgan fingerprint density at radius 2 is 2.30 bits per heavy atom. The second-order valence-electron chi connectivity index (χ2n) is 4.05.